The number of carbonyl (C=O) groups is 2. The molecule has 1 amide bonds. The van der Waals surface area contributed by atoms with Crippen molar-refractivity contribution in [1.82, 2.24) is 10.2 Å². The van der Waals surface area contributed by atoms with Gasteiger partial charge in [-0.25, -0.2) is 0 Å². The minimum atomic E-state index is -1.58. The second-order valence-electron chi connectivity index (χ2n) is 10.9. The van der Waals surface area contributed by atoms with E-state index in [1.807, 2.05) is 19.2 Å². The Kier molecular flexibility index (Phi) is 5.76. The third-order valence-corrected chi connectivity index (χ3v) is 9.14. The first-order valence-electron chi connectivity index (χ1n) is 12.7. The summed E-state index contributed by atoms with van der Waals surface area (Å²) in [5, 5.41) is 15.8. The Morgan fingerprint density at radius 3 is 2.67 bits per heavy atom. The molecule has 8 heteroatoms. The number of anilines is 1. The van der Waals surface area contributed by atoms with Crippen LogP contribution in [0.3, 0.4) is 0 Å². The fraction of sp³-hybridized carbons (Fsp3) is 0.571. The molecule has 4 aliphatic rings. The monoisotopic (exact) mass is 495 g/mol. The van der Waals surface area contributed by atoms with Crippen molar-refractivity contribution in [1.29, 1.82) is 0 Å². The van der Waals surface area contributed by atoms with Crippen molar-refractivity contribution in [3.63, 3.8) is 0 Å². The van der Waals surface area contributed by atoms with Crippen LogP contribution in [0.5, 0.6) is 5.75 Å². The number of nitrogens with zero attached hydrogens (tertiary/aromatic N) is 2. The number of hydrogen-bond donors (Lipinski definition) is 2. The van der Waals surface area contributed by atoms with E-state index in [-0.39, 0.29) is 18.5 Å². The number of ether oxygens (including phenoxy) is 2. The SMILES string of the molecule is C=C(C)C(=O)NC[C@@]1(O)[C@H](OC(C)=O)[C@]2(CC)C=CCN3CC[C@@]4(c5ccc(OC)cc5N(C)[C@@H]14)[C@@H]32. The van der Waals surface area contributed by atoms with Crippen LogP contribution in [-0.4, -0.2) is 79.5 Å². The third kappa shape index (κ3) is 3.07. The molecule has 0 bridgehead atoms. The molecule has 1 aromatic rings. The highest BCUT2D eigenvalue weighted by molar-refractivity contribution is 5.92. The first-order valence-corrected chi connectivity index (χ1v) is 12.7. The second kappa shape index (κ2) is 8.35. The van der Waals surface area contributed by atoms with Crippen LogP contribution >= 0.6 is 0 Å². The van der Waals surface area contributed by atoms with Gasteiger partial charge in [-0.1, -0.05) is 31.7 Å². The number of carbonyl (C=O) groups excluding carboxylic acids is 2. The molecule has 36 heavy (non-hydrogen) atoms. The summed E-state index contributed by atoms with van der Waals surface area (Å²) in [4.78, 5) is 29.8. The maximum absolute atomic E-state index is 12.9. The number of esters is 1. The maximum Gasteiger partial charge on any atom is 0.303 e. The average molecular weight is 496 g/mol. The molecule has 0 aromatic heterocycles. The number of methoxy groups -OCH3 is 1. The van der Waals surface area contributed by atoms with Crippen LogP contribution in [0.25, 0.3) is 0 Å². The van der Waals surface area contributed by atoms with Gasteiger partial charge in [-0.05, 0) is 37.9 Å². The Morgan fingerprint density at radius 2 is 2.03 bits per heavy atom. The van der Waals surface area contributed by atoms with Gasteiger partial charge in [0.2, 0.25) is 5.91 Å². The van der Waals surface area contributed by atoms with Crippen molar-refractivity contribution in [2.45, 2.75) is 62.8 Å². The zero-order chi connectivity index (χ0) is 26.0. The molecule has 6 atom stereocenters. The van der Waals surface area contributed by atoms with Gasteiger partial charge in [0, 0.05) is 54.7 Å². The minimum Gasteiger partial charge on any atom is -0.497 e. The van der Waals surface area contributed by atoms with Gasteiger partial charge in [-0.3, -0.25) is 14.5 Å². The lowest BCUT2D eigenvalue weighted by molar-refractivity contribution is -0.217. The van der Waals surface area contributed by atoms with Gasteiger partial charge in [-0.15, -0.1) is 0 Å². The predicted molar refractivity (Wildman–Crippen MR) is 137 cm³/mol. The summed E-state index contributed by atoms with van der Waals surface area (Å²) in [5.41, 5.74) is -0.134. The van der Waals surface area contributed by atoms with Crippen LogP contribution < -0.4 is 15.0 Å². The van der Waals surface area contributed by atoms with Crippen LogP contribution in [0.15, 0.2) is 42.5 Å². The van der Waals surface area contributed by atoms with E-state index in [0.717, 1.165) is 30.9 Å². The lowest BCUT2D eigenvalue weighted by Crippen LogP contribution is -2.81. The zero-order valence-corrected chi connectivity index (χ0v) is 21.8. The van der Waals surface area contributed by atoms with Gasteiger partial charge in [0.1, 0.15) is 17.5 Å². The molecule has 1 aromatic carbocycles. The van der Waals surface area contributed by atoms with E-state index in [0.29, 0.717) is 12.0 Å². The highest BCUT2D eigenvalue weighted by Gasteiger charge is 2.77. The van der Waals surface area contributed by atoms with Gasteiger partial charge < -0.3 is 24.8 Å². The number of aliphatic hydroxyl groups is 1. The van der Waals surface area contributed by atoms with E-state index >= 15 is 0 Å². The molecule has 3 heterocycles. The molecule has 2 N–H and O–H groups in total. The number of rotatable bonds is 6. The number of nitrogens with one attached hydrogen (secondary N) is 1. The summed E-state index contributed by atoms with van der Waals surface area (Å²) >= 11 is 0. The zero-order valence-electron chi connectivity index (χ0n) is 21.8. The van der Waals surface area contributed by atoms with Crippen LogP contribution in [0.1, 0.15) is 39.2 Å². The highest BCUT2D eigenvalue weighted by Crippen LogP contribution is 2.67. The van der Waals surface area contributed by atoms with E-state index in [1.165, 1.54) is 12.5 Å². The van der Waals surface area contributed by atoms with Crippen LogP contribution in [-0.2, 0) is 19.7 Å². The second-order valence-corrected chi connectivity index (χ2v) is 10.9. The molecule has 0 radical (unpaired) electrons. The minimum absolute atomic E-state index is 0.0172. The number of fused-ring (bicyclic) bond motifs is 1. The first kappa shape index (κ1) is 24.8. The van der Waals surface area contributed by atoms with Crippen molar-refractivity contribution >= 4 is 17.6 Å². The van der Waals surface area contributed by atoms with E-state index in [4.69, 9.17) is 9.47 Å². The van der Waals surface area contributed by atoms with Gasteiger partial charge in [0.05, 0.1) is 19.7 Å². The molecule has 8 nitrogen and oxygen atoms in total. The molecule has 1 aliphatic carbocycles. The van der Waals surface area contributed by atoms with Crippen LogP contribution in [0.4, 0.5) is 5.69 Å². The Morgan fingerprint density at radius 1 is 1.28 bits per heavy atom. The fourth-order valence-corrected chi connectivity index (χ4v) is 8.02. The van der Waals surface area contributed by atoms with Crippen LogP contribution in [0, 0.1) is 5.41 Å². The molecule has 1 spiro atoms. The Hall–Kier alpha value is -2.84. The lowest BCUT2D eigenvalue weighted by atomic mass is 9.47. The van der Waals surface area contributed by atoms with E-state index in [2.05, 4.69) is 46.8 Å². The fourth-order valence-electron chi connectivity index (χ4n) is 8.02. The summed E-state index contributed by atoms with van der Waals surface area (Å²) in [5.74, 6) is -0.0430. The Bertz CT molecular complexity index is 1150. The molecule has 0 unspecified atom stereocenters. The van der Waals surface area contributed by atoms with E-state index < -0.39 is 34.5 Å². The van der Waals surface area contributed by atoms with Crippen molar-refractivity contribution in [2.75, 3.05) is 38.7 Å². The molecule has 194 valence electrons. The van der Waals surface area contributed by atoms with Crippen LogP contribution in [0.2, 0.25) is 0 Å². The Balaban J connectivity index is 1.78. The van der Waals surface area contributed by atoms with E-state index in [1.54, 1.807) is 14.0 Å². The molecule has 1 saturated carbocycles. The van der Waals surface area contributed by atoms with Gasteiger partial charge >= 0.3 is 5.97 Å². The first-order chi connectivity index (χ1) is 17.1. The third-order valence-electron chi connectivity index (χ3n) is 9.14. The molecule has 1 saturated heterocycles. The highest BCUT2D eigenvalue weighted by atomic mass is 16.6. The molecule has 5 rings (SSSR count). The summed E-state index contributed by atoms with van der Waals surface area (Å²) < 4.78 is 11.6. The molecule has 2 fully saturated rings. The van der Waals surface area contributed by atoms with Crippen molar-refractivity contribution in [3.8, 4) is 5.75 Å². The topological polar surface area (TPSA) is 91.3 Å². The summed E-state index contributed by atoms with van der Waals surface area (Å²) in [6.45, 7) is 10.5. The summed E-state index contributed by atoms with van der Waals surface area (Å²) in [6.07, 6.45) is 4.95. The van der Waals surface area contributed by atoms with Crippen molar-refractivity contribution < 1.29 is 24.2 Å². The molecular weight excluding hydrogens is 458 g/mol. The van der Waals surface area contributed by atoms with Gasteiger partial charge in [-0.2, -0.15) is 0 Å². The van der Waals surface area contributed by atoms with Crippen molar-refractivity contribution in [2.24, 2.45) is 5.41 Å². The number of hydrogen-bond acceptors (Lipinski definition) is 7. The standard InChI is InChI=1S/C28H37N3O5/c1-7-26-11-8-13-31-14-12-27(23(26)31)20-10-9-19(35-6)15-21(20)30(5)24(27)28(34,25(26)36-18(4)32)16-29-22(33)17(2)3/h8-11,15,23-25,34H,2,7,12-14,16H2,1,3-6H3,(H,29,33)/t23-,24+,25+,26+,27+,28-/m0/s1. The largest absolute Gasteiger partial charge is 0.497 e. The summed E-state index contributed by atoms with van der Waals surface area (Å²) in [7, 11) is 3.63. The molecular formula is C28H37N3O5. The Labute approximate surface area is 212 Å². The smallest absolute Gasteiger partial charge is 0.303 e. The quantitative estimate of drug-likeness (QED) is 0.355. The molecule has 3 aliphatic heterocycles. The number of benzene rings is 1. The number of likely N-dealkylation sites (N-methyl/N-ethyl adjacent to an activating group) is 1. The summed E-state index contributed by atoms with van der Waals surface area (Å²) in [6, 6.07) is 5.71. The number of amides is 1. The van der Waals surface area contributed by atoms with Gasteiger partial charge in [0.15, 0.2) is 0 Å². The normalized spacial score (nSPS) is 36.1. The average Bonchev–Trinajstić information content (AvgIpc) is 3.36. The van der Waals surface area contributed by atoms with Crippen molar-refractivity contribution in [3.05, 3.63) is 48.1 Å². The lowest BCUT2D eigenvalue weighted by Gasteiger charge is -2.64. The predicted octanol–water partition coefficient (Wildman–Crippen LogP) is 2.16. The maximum atomic E-state index is 12.9. The van der Waals surface area contributed by atoms with Gasteiger partial charge in [0.25, 0.3) is 0 Å². The van der Waals surface area contributed by atoms with E-state index in [9.17, 15) is 14.7 Å².